The van der Waals surface area contributed by atoms with Crippen LogP contribution in [0, 0.1) is 0 Å². The van der Waals surface area contributed by atoms with Gasteiger partial charge in [0.05, 0.1) is 5.25 Å². The summed E-state index contributed by atoms with van der Waals surface area (Å²) in [6.07, 6.45) is 0.996. The van der Waals surface area contributed by atoms with E-state index in [0.29, 0.717) is 6.04 Å². The zero-order valence-electron chi connectivity index (χ0n) is 13.6. The van der Waals surface area contributed by atoms with Crippen molar-refractivity contribution in [3.63, 3.8) is 0 Å². The van der Waals surface area contributed by atoms with Gasteiger partial charge >= 0.3 is 0 Å². The molecule has 1 aliphatic rings. The molecule has 0 spiro atoms. The van der Waals surface area contributed by atoms with E-state index in [1.165, 1.54) is 0 Å². The molecule has 5 heteroatoms. The number of carbonyl (C=O) groups is 1. The molecule has 2 aromatic carbocycles. The first-order chi connectivity index (χ1) is 11.6. The number of carbonyl (C=O) groups excluding carboxylic acids is 1. The number of nitrogens with zero attached hydrogens (tertiary/aromatic N) is 1. The van der Waals surface area contributed by atoms with E-state index in [9.17, 15) is 4.79 Å². The Labute approximate surface area is 155 Å². The fourth-order valence-electron chi connectivity index (χ4n) is 2.87. The van der Waals surface area contributed by atoms with Crippen LogP contribution in [0.1, 0.15) is 13.3 Å². The van der Waals surface area contributed by atoms with Gasteiger partial charge in [-0.25, -0.2) is 0 Å². The zero-order chi connectivity index (χ0) is 16.9. The number of thioether (sulfide) groups is 1. The van der Waals surface area contributed by atoms with Gasteiger partial charge in [0.25, 0.3) is 0 Å². The number of anilines is 1. The number of para-hydroxylation sites is 1. The van der Waals surface area contributed by atoms with Gasteiger partial charge in [-0.2, -0.15) is 0 Å². The second-order valence-electron chi connectivity index (χ2n) is 5.99. The Hall–Kier alpha value is -1.46. The molecule has 2 unspecified atom stereocenters. The molecule has 0 aliphatic carbocycles. The molecule has 3 rings (SSSR count). The third kappa shape index (κ3) is 4.54. The molecular formula is C19H21BrN2OS. The summed E-state index contributed by atoms with van der Waals surface area (Å²) in [7, 11) is 0. The molecule has 1 fully saturated rings. The Kier molecular flexibility index (Phi) is 5.85. The summed E-state index contributed by atoms with van der Waals surface area (Å²) in [4.78, 5) is 15.8. The van der Waals surface area contributed by atoms with Gasteiger partial charge < -0.3 is 10.2 Å². The van der Waals surface area contributed by atoms with Crippen LogP contribution in [0.2, 0.25) is 0 Å². The maximum Gasteiger partial charge on any atom is 0.235 e. The zero-order valence-corrected chi connectivity index (χ0v) is 16.0. The number of halogens is 1. The van der Waals surface area contributed by atoms with Crippen molar-refractivity contribution in [1.82, 2.24) is 4.90 Å². The van der Waals surface area contributed by atoms with Crippen molar-refractivity contribution in [1.29, 1.82) is 0 Å². The summed E-state index contributed by atoms with van der Waals surface area (Å²) in [5.74, 6) is 0.222. The van der Waals surface area contributed by atoms with Gasteiger partial charge in [0.15, 0.2) is 0 Å². The number of nitrogens with one attached hydrogen (secondary N) is 1. The van der Waals surface area contributed by atoms with E-state index in [1.807, 2.05) is 54.3 Å². The van der Waals surface area contributed by atoms with Crippen LogP contribution < -0.4 is 5.32 Å². The molecule has 2 atom stereocenters. The van der Waals surface area contributed by atoms with Crippen molar-refractivity contribution in [3.8, 4) is 0 Å². The summed E-state index contributed by atoms with van der Waals surface area (Å²) in [5.41, 5.74) is 1.12. The number of rotatable bonds is 5. The largest absolute Gasteiger partial charge is 0.380 e. The van der Waals surface area contributed by atoms with Crippen LogP contribution in [0.3, 0.4) is 0 Å². The summed E-state index contributed by atoms with van der Waals surface area (Å²) < 4.78 is 1.06. The summed E-state index contributed by atoms with van der Waals surface area (Å²) in [6, 6.07) is 18.6. The number of hydrogen-bond acceptors (Lipinski definition) is 3. The van der Waals surface area contributed by atoms with Crippen LogP contribution in [0.15, 0.2) is 64.0 Å². The van der Waals surface area contributed by atoms with Gasteiger partial charge in [-0.15, -0.1) is 11.8 Å². The number of likely N-dealkylation sites (tertiary alicyclic amines) is 1. The molecule has 1 amide bonds. The average Bonchev–Trinajstić information content (AvgIpc) is 3.05. The molecule has 1 heterocycles. The predicted octanol–water partition coefficient (Wildman–Crippen LogP) is 4.64. The van der Waals surface area contributed by atoms with E-state index in [-0.39, 0.29) is 11.2 Å². The molecule has 0 aromatic heterocycles. The third-order valence-corrected chi connectivity index (χ3v) is 5.75. The SMILES string of the molecule is CC(Sc1ccc(Br)cc1)C(=O)N1CCC(Nc2ccccc2)C1. The van der Waals surface area contributed by atoms with Gasteiger partial charge in [0.1, 0.15) is 0 Å². The minimum absolute atomic E-state index is 0.0679. The van der Waals surface area contributed by atoms with Crippen LogP contribution in [-0.2, 0) is 4.79 Å². The lowest BCUT2D eigenvalue weighted by atomic mass is 10.2. The Bertz CT molecular complexity index is 678. The summed E-state index contributed by atoms with van der Waals surface area (Å²) >= 11 is 5.06. The molecule has 0 bridgehead atoms. The number of benzene rings is 2. The smallest absolute Gasteiger partial charge is 0.235 e. The molecule has 2 aromatic rings. The maximum absolute atomic E-state index is 12.7. The highest BCUT2D eigenvalue weighted by atomic mass is 79.9. The highest BCUT2D eigenvalue weighted by Crippen LogP contribution is 2.27. The maximum atomic E-state index is 12.7. The topological polar surface area (TPSA) is 32.3 Å². The quantitative estimate of drug-likeness (QED) is 0.736. The second-order valence-corrected chi connectivity index (χ2v) is 8.32. The fourth-order valence-corrected chi connectivity index (χ4v) is 4.09. The van der Waals surface area contributed by atoms with E-state index >= 15 is 0 Å². The first-order valence-corrected chi connectivity index (χ1v) is 9.81. The van der Waals surface area contributed by atoms with Crippen LogP contribution in [0.5, 0.6) is 0 Å². The average molecular weight is 405 g/mol. The lowest BCUT2D eigenvalue weighted by Gasteiger charge is -2.21. The Morgan fingerprint density at radius 1 is 1.21 bits per heavy atom. The minimum atomic E-state index is -0.0679. The van der Waals surface area contributed by atoms with Crippen molar-refractivity contribution in [2.24, 2.45) is 0 Å². The number of amides is 1. The Balaban J connectivity index is 1.53. The van der Waals surface area contributed by atoms with E-state index < -0.39 is 0 Å². The molecular weight excluding hydrogens is 384 g/mol. The highest BCUT2D eigenvalue weighted by Gasteiger charge is 2.29. The summed E-state index contributed by atoms with van der Waals surface area (Å²) in [6.45, 7) is 3.60. The van der Waals surface area contributed by atoms with Crippen molar-refractivity contribution in [2.75, 3.05) is 18.4 Å². The van der Waals surface area contributed by atoms with Crippen LogP contribution in [-0.4, -0.2) is 35.2 Å². The molecule has 0 saturated carbocycles. The number of hydrogen-bond donors (Lipinski definition) is 1. The van der Waals surface area contributed by atoms with Crippen molar-refractivity contribution >= 4 is 39.3 Å². The van der Waals surface area contributed by atoms with E-state index in [1.54, 1.807) is 11.8 Å². The van der Waals surface area contributed by atoms with E-state index in [0.717, 1.165) is 34.6 Å². The van der Waals surface area contributed by atoms with Gasteiger partial charge in [0.2, 0.25) is 5.91 Å². The first-order valence-electron chi connectivity index (χ1n) is 8.14. The predicted molar refractivity (Wildman–Crippen MR) is 105 cm³/mol. The lowest BCUT2D eigenvalue weighted by Crippen LogP contribution is -2.36. The summed E-state index contributed by atoms with van der Waals surface area (Å²) in [5, 5.41) is 3.45. The lowest BCUT2D eigenvalue weighted by molar-refractivity contribution is -0.129. The Morgan fingerprint density at radius 3 is 2.62 bits per heavy atom. The molecule has 1 aliphatic heterocycles. The molecule has 1 saturated heterocycles. The van der Waals surface area contributed by atoms with Crippen LogP contribution in [0.4, 0.5) is 5.69 Å². The third-order valence-electron chi connectivity index (χ3n) is 4.12. The van der Waals surface area contributed by atoms with E-state index in [4.69, 9.17) is 0 Å². The minimum Gasteiger partial charge on any atom is -0.380 e. The molecule has 126 valence electrons. The van der Waals surface area contributed by atoms with Crippen LogP contribution >= 0.6 is 27.7 Å². The monoisotopic (exact) mass is 404 g/mol. The molecule has 1 N–H and O–H groups in total. The Morgan fingerprint density at radius 2 is 1.92 bits per heavy atom. The van der Waals surface area contributed by atoms with Crippen LogP contribution in [0.25, 0.3) is 0 Å². The van der Waals surface area contributed by atoms with Gasteiger partial charge in [-0.05, 0) is 49.7 Å². The van der Waals surface area contributed by atoms with Crippen molar-refractivity contribution < 1.29 is 4.79 Å². The second kappa shape index (κ2) is 8.08. The van der Waals surface area contributed by atoms with Gasteiger partial charge in [-0.3, -0.25) is 4.79 Å². The molecule has 24 heavy (non-hydrogen) atoms. The van der Waals surface area contributed by atoms with Crippen molar-refractivity contribution in [2.45, 2.75) is 29.5 Å². The highest BCUT2D eigenvalue weighted by molar-refractivity contribution is 9.10. The van der Waals surface area contributed by atoms with Gasteiger partial charge in [0, 0.05) is 34.2 Å². The molecule has 0 radical (unpaired) electrons. The standard InChI is InChI=1S/C19H21BrN2OS/c1-14(24-18-9-7-15(20)8-10-18)19(23)22-12-11-17(13-22)21-16-5-3-2-4-6-16/h2-10,14,17,21H,11-13H2,1H3. The van der Waals surface area contributed by atoms with E-state index in [2.05, 4.69) is 33.4 Å². The first kappa shape index (κ1) is 17.4. The van der Waals surface area contributed by atoms with Gasteiger partial charge in [-0.1, -0.05) is 34.1 Å². The fraction of sp³-hybridized carbons (Fsp3) is 0.316. The molecule has 3 nitrogen and oxygen atoms in total. The normalized spacial score (nSPS) is 18.4. The van der Waals surface area contributed by atoms with Crippen molar-refractivity contribution in [3.05, 3.63) is 59.1 Å².